The van der Waals surface area contributed by atoms with Crippen molar-refractivity contribution in [2.24, 2.45) is 0 Å². The summed E-state index contributed by atoms with van der Waals surface area (Å²) < 4.78 is 5.31. The quantitative estimate of drug-likeness (QED) is 0.514. The number of terminal acetylenes is 1. The van der Waals surface area contributed by atoms with E-state index in [1.807, 2.05) is 31.2 Å². The lowest BCUT2D eigenvalue weighted by molar-refractivity contribution is -0.123. The molecule has 1 fully saturated rings. The van der Waals surface area contributed by atoms with Gasteiger partial charge in [0.25, 0.3) is 5.91 Å². The number of ether oxygens (including phenoxy) is 1. The van der Waals surface area contributed by atoms with Crippen molar-refractivity contribution in [3.05, 3.63) is 70.9 Å². The Hall–Kier alpha value is -3.52. The molecule has 1 aliphatic rings. The number of amides is 3. The van der Waals surface area contributed by atoms with Gasteiger partial charge >= 0.3 is 6.03 Å². The number of urea groups is 1. The van der Waals surface area contributed by atoms with Crippen LogP contribution in [-0.2, 0) is 11.3 Å². The highest BCUT2D eigenvalue weighted by atomic mass is 16.5. The molecule has 0 bridgehead atoms. The average Bonchev–Trinajstić information content (AvgIpc) is 2.89. The molecule has 1 heterocycles. The van der Waals surface area contributed by atoms with Gasteiger partial charge in [-0.25, -0.2) is 4.79 Å². The highest BCUT2D eigenvalue weighted by Crippen LogP contribution is 2.19. The van der Waals surface area contributed by atoms with Gasteiger partial charge in [-0.15, -0.1) is 6.42 Å². The summed E-state index contributed by atoms with van der Waals surface area (Å²) in [5.74, 6) is 2.70. The van der Waals surface area contributed by atoms with Crippen LogP contribution < -0.4 is 10.1 Å². The number of benzene rings is 2. The molecule has 1 aliphatic heterocycles. The SMILES string of the molecule is C#CCOc1ccc(/C=C2\NC(=O)N(Cc3cccc(C)c3)C2=O)cc1. The molecule has 26 heavy (non-hydrogen) atoms. The molecule has 1 N–H and O–H groups in total. The fraction of sp³-hybridized carbons (Fsp3) is 0.143. The summed E-state index contributed by atoms with van der Waals surface area (Å²) in [5, 5.41) is 2.63. The number of hydrogen-bond acceptors (Lipinski definition) is 3. The van der Waals surface area contributed by atoms with Crippen molar-refractivity contribution >= 4 is 18.0 Å². The summed E-state index contributed by atoms with van der Waals surface area (Å²) in [7, 11) is 0. The van der Waals surface area contributed by atoms with Gasteiger partial charge in [-0.2, -0.15) is 0 Å². The van der Waals surface area contributed by atoms with Crippen LogP contribution in [0.3, 0.4) is 0 Å². The lowest BCUT2D eigenvalue weighted by Gasteiger charge is -2.12. The summed E-state index contributed by atoms with van der Waals surface area (Å²) in [4.78, 5) is 25.9. The first-order valence-electron chi connectivity index (χ1n) is 8.13. The first kappa shape index (κ1) is 17.3. The Morgan fingerprint density at radius 2 is 1.96 bits per heavy atom. The van der Waals surface area contributed by atoms with Crippen molar-refractivity contribution in [2.45, 2.75) is 13.5 Å². The monoisotopic (exact) mass is 346 g/mol. The van der Waals surface area contributed by atoms with Crippen LogP contribution in [0.1, 0.15) is 16.7 Å². The molecule has 0 aromatic heterocycles. The molecule has 0 atom stereocenters. The minimum Gasteiger partial charge on any atom is -0.481 e. The Balaban J connectivity index is 1.73. The maximum Gasteiger partial charge on any atom is 0.329 e. The number of nitrogens with one attached hydrogen (secondary N) is 1. The van der Waals surface area contributed by atoms with E-state index >= 15 is 0 Å². The van der Waals surface area contributed by atoms with Crippen molar-refractivity contribution in [1.29, 1.82) is 0 Å². The number of aryl methyl sites for hydroxylation is 1. The van der Waals surface area contributed by atoms with E-state index in [1.54, 1.807) is 30.3 Å². The zero-order valence-corrected chi connectivity index (χ0v) is 14.4. The van der Waals surface area contributed by atoms with Gasteiger partial charge in [0.05, 0.1) is 6.54 Å². The number of nitrogens with zero attached hydrogens (tertiary/aromatic N) is 1. The van der Waals surface area contributed by atoms with Crippen LogP contribution in [0.2, 0.25) is 0 Å². The first-order chi connectivity index (χ1) is 12.6. The molecule has 2 aromatic rings. The highest BCUT2D eigenvalue weighted by molar-refractivity contribution is 6.13. The molecule has 5 nitrogen and oxygen atoms in total. The molecular formula is C21H18N2O3. The van der Waals surface area contributed by atoms with Gasteiger partial charge in [0.15, 0.2) is 0 Å². The van der Waals surface area contributed by atoms with Gasteiger partial charge in [0.2, 0.25) is 0 Å². The van der Waals surface area contributed by atoms with Crippen molar-refractivity contribution in [1.82, 2.24) is 10.2 Å². The molecular weight excluding hydrogens is 328 g/mol. The molecule has 0 radical (unpaired) electrons. The van der Waals surface area contributed by atoms with Crippen LogP contribution in [0.25, 0.3) is 6.08 Å². The Bertz CT molecular complexity index is 908. The molecule has 2 aromatic carbocycles. The Morgan fingerprint density at radius 1 is 1.19 bits per heavy atom. The highest BCUT2D eigenvalue weighted by Gasteiger charge is 2.33. The van der Waals surface area contributed by atoms with Gasteiger partial charge in [-0.3, -0.25) is 9.69 Å². The predicted octanol–water partition coefficient (Wildman–Crippen LogP) is 3.10. The van der Waals surface area contributed by atoms with Gasteiger partial charge in [0.1, 0.15) is 18.1 Å². The summed E-state index contributed by atoms with van der Waals surface area (Å²) in [5.41, 5.74) is 3.02. The second-order valence-electron chi connectivity index (χ2n) is 5.93. The van der Waals surface area contributed by atoms with Crippen LogP contribution in [0.5, 0.6) is 5.75 Å². The smallest absolute Gasteiger partial charge is 0.329 e. The van der Waals surface area contributed by atoms with E-state index in [-0.39, 0.29) is 24.8 Å². The Morgan fingerprint density at radius 3 is 2.65 bits per heavy atom. The summed E-state index contributed by atoms with van der Waals surface area (Å²) in [6.07, 6.45) is 6.79. The molecule has 0 spiro atoms. The van der Waals surface area contributed by atoms with E-state index in [2.05, 4.69) is 11.2 Å². The van der Waals surface area contributed by atoms with E-state index in [0.29, 0.717) is 5.75 Å². The van der Waals surface area contributed by atoms with E-state index in [0.717, 1.165) is 16.7 Å². The normalized spacial score (nSPS) is 15.1. The molecule has 0 saturated carbocycles. The number of hydrogen-bond donors (Lipinski definition) is 1. The molecule has 0 aliphatic carbocycles. The van der Waals surface area contributed by atoms with E-state index in [9.17, 15) is 9.59 Å². The van der Waals surface area contributed by atoms with Crippen LogP contribution in [0, 0.1) is 19.3 Å². The Labute approximate surface area is 152 Å². The zero-order chi connectivity index (χ0) is 18.5. The second kappa shape index (κ2) is 7.58. The minimum atomic E-state index is -0.420. The Kier molecular flexibility index (Phi) is 5.04. The summed E-state index contributed by atoms with van der Waals surface area (Å²) in [6.45, 7) is 2.41. The number of carbonyl (C=O) groups is 2. The van der Waals surface area contributed by atoms with Gasteiger partial charge in [0, 0.05) is 0 Å². The topological polar surface area (TPSA) is 58.6 Å². The molecule has 5 heteroatoms. The maximum absolute atomic E-state index is 12.5. The molecule has 3 rings (SSSR count). The third-order valence-electron chi connectivity index (χ3n) is 3.90. The van der Waals surface area contributed by atoms with Crippen LogP contribution in [0.4, 0.5) is 4.79 Å². The van der Waals surface area contributed by atoms with Crippen molar-refractivity contribution in [3.63, 3.8) is 0 Å². The van der Waals surface area contributed by atoms with Crippen LogP contribution >= 0.6 is 0 Å². The zero-order valence-electron chi connectivity index (χ0n) is 14.4. The molecule has 0 unspecified atom stereocenters. The number of imide groups is 1. The summed E-state index contributed by atoms with van der Waals surface area (Å²) in [6, 6.07) is 14.4. The fourth-order valence-corrected chi connectivity index (χ4v) is 2.66. The third kappa shape index (κ3) is 3.93. The standard InChI is InChI=1S/C21H18N2O3/c1-3-11-26-18-9-7-16(8-10-18)13-19-20(24)23(21(25)22-19)14-17-6-4-5-15(2)12-17/h1,4-10,12-13H,11,14H2,2H3,(H,22,25)/b19-13-. The van der Waals surface area contributed by atoms with Crippen molar-refractivity contribution in [3.8, 4) is 18.1 Å². The number of carbonyl (C=O) groups excluding carboxylic acids is 2. The minimum absolute atomic E-state index is 0.197. The van der Waals surface area contributed by atoms with Gasteiger partial charge in [-0.1, -0.05) is 47.9 Å². The van der Waals surface area contributed by atoms with Crippen LogP contribution in [-0.4, -0.2) is 23.4 Å². The lowest BCUT2D eigenvalue weighted by atomic mass is 10.1. The second-order valence-corrected chi connectivity index (χ2v) is 5.93. The summed E-state index contributed by atoms with van der Waals surface area (Å²) >= 11 is 0. The first-order valence-corrected chi connectivity index (χ1v) is 8.13. The lowest BCUT2D eigenvalue weighted by Crippen LogP contribution is -2.30. The predicted molar refractivity (Wildman–Crippen MR) is 99.0 cm³/mol. The van der Waals surface area contributed by atoms with E-state index < -0.39 is 6.03 Å². The number of rotatable bonds is 5. The fourth-order valence-electron chi connectivity index (χ4n) is 2.66. The maximum atomic E-state index is 12.5. The van der Waals surface area contributed by atoms with E-state index in [4.69, 9.17) is 11.2 Å². The molecule has 3 amide bonds. The third-order valence-corrected chi connectivity index (χ3v) is 3.90. The van der Waals surface area contributed by atoms with Gasteiger partial charge < -0.3 is 10.1 Å². The van der Waals surface area contributed by atoms with E-state index in [1.165, 1.54) is 4.90 Å². The molecule has 1 saturated heterocycles. The molecule has 130 valence electrons. The van der Waals surface area contributed by atoms with Crippen LogP contribution in [0.15, 0.2) is 54.2 Å². The van der Waals surface area contributed by atoms with Gasteiger partial charge in [-0.05, 0) is 36.3 Å². The van der Waals surface area contributed by atoms with Crippen molar-refractivity contribution < 1.29 is 14.3 Å². The average molecular weight is 346 g/mol. The van der Waals surface area contributed by atoms with Crippen molar-refractivity contribution in [2.75, 3.05) is 6.61 Å². The largest absolute Gasteiger partial charge is 0.481 e.